The summed E-state index contributed by atoms with van der Waals surface area (Å²) < 4.78 is 44.3. The largest absolute Gasteiger partial charge is 0.344 e. The molecule has 0 aliphatic heterocycles. The van der Waals surface area contributed by atoms with Gasteiger partial charge in [-0.15, -0.1) is 0 Å². The number of nitrogens with one attached hydrogen (secondary N) is 2. The van der Waals surface area contributed by atoms with Crippen molar-refractivity contribution in [2.24, 2.45) is 7.05 Å². The summed E-state index contributed by atoms with van der Waals surface area (Å²) in [6.07, 6.45) is 4.12. The van der Waals surface area contributed by atoms with Crippen LogP contribution in [0.15, 0.2) is 41.6 Å². The van der Waals surface area contributed by atoms with Gasteiger partial charge in [0.25, 0.3) is 5.56 Å². The van der Waals surface area contributed by atoms with E-state index in [9.17, 15) is 17.6 Å². The molecular weight excluding hydrogens is 421 g/mol. The predicted molar refractivity (Wildman–Crippen MR) is 119 cm³/mol. The van der Waals surface area contributed by atoms with Gasteiger partial charge in [0.05, 0.1) is 40.4 Å². The number of aromatic amines is 1. The van der Waals surface area contributed by atoms with Crippen molar-refractivity contribution in [1.29, 1.82) is 0 Å². The average Bonchev–Trinajstić information content (AvgIpc) is 3.45. The van der Waals surface area contributed by atoms with Crippen LogP contribution in [0.3, 0.4) is 0 Å². The van der Waals surface area contributed by atoms with Gasteiger partial charge in [0.1, 0.15) is 11.6 Å². The molecule has 2 heterocycles. The second-order valence-electron chi connectivity index (χ2n) is 7.67. The number of pyridine rings is 1. The zero-order valence-electron chi connectivity index (χ0n) is 17.5. The summed E-state index contributed by atoms with van der Waals surface area (Å²) >= 11 is 0. The Morgan fingerprint density at radius 2 is 2.06 bits per heavy atom. The van der Waals surface area contributed by atoms with Crippen LogP contribution in [0.5, 0.6) is 0 Å². The maximum absolute atomic E-state index is 14.8. The third kappa shape index (κ3) is 3.95. The van der Waals surface area contributed by atoms with Gasteiger partial charge in [-0.05, 0) is 50.5 Å². The standard InChI is InChI=1S/C21H24FN5O3S/c1-4-27(19-8-5-13(2)9-16(19)22)20-17(25-31(29,30)14-6-7-14)10-15(21(28)26(20)3)18-11-23-12-24-18/h5,8-12,14,25H,4,6-7H2,1-3H3,(H,23,24). The lowest BCUT2D eigenvalue weighted by Crippen LogP contribution is -2.31. The highest BCUT2D eigenvalue weighted by Crippen LogP contribution is 2.37. The summed E-state index contributed by atoms with van der Waals surface area (Å²) in [4.78, 5) is 21.6. The number of hydrogen-bond acceptors (Lipinski definition) is 5. The van der Waals surface area contributed by atoms with Gasteiger partial charge >= 0.3 is 0 Å². The van der Waals surface area contributed by atoms with Crippen molar-refractivity contribution in [3.8, 4) is 11.3 Å². The van der Waals surface area contributed by atoms with E-state index in [1.807, 2.05) is 6.92 Å². The molecule has 1 saturated carbocycles. The molecule has 164 valence electrons. The summed E-state index contributed by atoms with van der Waals surface area (Å²) in [7, 11) is -2.09. The van der Waals surface area contributed by atoms with Gasteiger partial charge in [0.15, 0.2) is 0 Å². The van der Waals surface area contributed by atoms with Crippen LogP contribution in [0.1, 0.15) is 25.3 Å². The van der Waals surface area contributed by atoms with E-state index >= 15 is 0 Å². The molecule has 0 spiro atoms. The lowest BCUT2D eigenvalue weighted by molar-refractivity contribution is 0.600. The minimum atomic E-state index is -3.63. The monoisotopic (exact) mass is 445 g/mol. The molecule has 0 unspecified atom stereocenters. The number of rotatable bonds is 7. The number of sulfonamides is 1. The van der Waals surface area contributed by atoms with Crippen LogP contribution in [-0.2, 0) is 17.1 Å². The van der Waals surface area contributed by atoms with E-state index in [-0.39, 0.29) is 28.3 Å². The smallest absolute Gasteiger partial charge is 0.261 e. The highest BCUT2D eigenvalue weighted by atomic mass is 32.2. The Hall–Kier alpha value is -3.14. The summed E-state index contributed by atoms with van der Waals surface area (Å²) in [5.74, 6) is -0.189. The summed E-state index contributed by atoms with van der Waals surface area (Å²) in [5, 5.41) is -0.459. The van der Waals surface area contributed by atoms with Gasteiger partial charge in [-0.3, -0.25) is 14.1 Å². The predicted octanol–water partition coefficient (Wildman–Crippen LogP) is 3.29. The van der Waals surface area contributed by atoms with Crippen molar-refractivity contribution >= 4 is 27.2 Å². The molecule has 8 nitrogen and oxygen atoms in total. The van der Waals surface area contributed by atoms with Crippen molar-refractivity contribution < 1.29 is 12.8 Å². The molecule has 1 aliphatic rings. The average molecular weight is 446 g/mol. The Labute approximate surface area is 179 Å². The fourth-order valence-corrected chi connectivity index (χ4v) is 4.99. The number of H-pyrrole nitrogens is 1. The molecule has 0 bridgehead atoms. The first-order valence-corrected chi connectivity index (χ1v) is 11.6. The van der Waals surface area contributed by atoms with Crippen molar-refractivity contribution in [2.75, 3.05) is 16.2 Å². The lowest BCUT2D eigenvalue weighted by atomic mass is 10.1. The van der Waals surface area contributed by atoms with Crippen LogP contribution in [-0.4, -0.2) is 34.7 Å². The number of imidazole rings is 1. The van der Waals surface area contributed by atoms with Crippen LogP contribution in [0.2, 0.25) is 0 Å². The van der Waals surface area contributed by atoms with E-state index in [0.29, 0.717) is 25.1 Å². The summed E-state index contributed by atoms with van der Waals surface area (Å²) in [5.41, 5.74) is 1.58. The number of nitrogens with zero attached hydrogens (tertiary/aromatic N) is 3. The topological polar surface area (TPSA) is 100 Å². The number of halogens is 1. The quantitative estimate of drug-likeness (QED) is 0.581. The first-order valence-electron chi connectivity index (χ1n) is 10.0. The maximum atomic E-state index is 14.8. The molecule has 1 aromatic carbocycles. The lowest BCUT2D eigenvalue weighted by Gasteiger charge is -2.29. The van der Waals surface area contributed by atoms with Crippen LogP contribution in [0.25, 0.3) is 11.3 Å². The molecule has 0 atom stereocenters. The Morgan fingerprint density at radius 3 is 2.65 bits per heavy atom. The SMILES string of the molecule is CCN(c1ccc(C)cc1F)c1c(NS(=O)(=O)C2CC2)cc(-c2cnc[nH]2)c(=O)n1C. The zero-order chi connectivity index (χ0) is 22.3. The minimum absolute atomic E-state index is 0.209. The van der Waals surface area contributed by atoms with Gasteiger partial charge in [-0.25, -0.2) is 17.8 Å². The minimum Gasteiger partial charge on any atom is -0.344 e. The Kier molecular flexibility index (Phi) is 5.34. The number of aromatic nitrogens is 3. The third-order valence-corrected chi connectivity index (χ3v) is 7.21. The number of aryl methyl sites for hydroxylation is 1. The van der Waals surface area contributed by atoms with E-state index in [0.717, 1.165) is 5.56 Å². The fraction of sp³-hybridized carbons (Fsp3) is 0.333. The first kappa shape index (κ1) is 21.1. The van der Waals surface area contributed by atoms with Gasteiger partial charge in [-0.2, -0.15) is 0 Å². The molecule has 0 radical (unpaired) electrons. The molecule has 2 aromatic heterocycles. The second-order valence-corrected chi connectivity index (χ2v) is 9.63. The van der Waals surface area contributed by atoms with Crippen molar-refractivity contribution in [3.05, 3.63) is 58.5 Å². The van der Waals surface area contributed by atoms with Gasteiger partial charge in [0.2, 0.25) is 10.0 Å². The maximum Gasteiger partial charge on any atom is 0.261 e. The van der Waals surface area contributed by atoms with Gasteiger partial charge in [0, 0.05) is 13.6 Å². The van der Waals surface area contributed by atoms with Gasteiger partial charge in [-0.1, -0.05) is 6.07 Å². The van der Waals surface area contributed by atoms with Crippen LogP contribution < -0.4 is 15.2 Å². The Morgan fingerprint density at radius 1 is 1.32 bits per heavy atom. The van der Waals surface area contributed by atoms with Crippen molar-refractivity contribution in [2.45, 2.75) is 31.9 Å². The zero-order valence-corrected chi connectivity index (χ0v) is 18.3. The Bertz CT molecular complexity index is 1280. The molecular formula is C21H24FN5O3S. The number of benzene rings is 1. The van der Waals surface area contributed by atoms with Crippen LogP contribution >= 0.6 is 0 Å². The molecule has 31 heavy (non-hydrogen) atoms. The van der Waals surface area contributed by atoms with E-state index in [4.69, 9.17) is 0 Å². The molecule has 1 aliphatic carbocycles. The van der Waals surface area contributed by atoms with Crippen LogP contribution in [0.4, 0.5) is 21.6 Å². The second kappa shape index (κ2) is 7.84. The van der Waals surface area contributed by atoms with E-state index in [1.165, 1.54) is 29.2 Å². The summed E-state index contributed by atoms with van der Waals surface area (Å²) in [6, 6.07) is 6.29. The number of hydrogen-bond donors (Lipinski definition) is 2. The molecule has 0 saturated heterocycles. The molecule has 4 rings (SSSR count). The molecule has 1 fully saturated rings. The molecule has 0 amide bonds. The Balaban J connectivity index is 1.94. The third-order valence-electron chi connectivity index (χ3n) is 5.35. The van der Waals surface area contributed by atoms with E-state index < -0.39 is 21.1 Å². The highest BCUT2D eigenvalue weighted by molar-refractivity contribution is 7.93. The fourth-order valence-electron chi connectivity index (χ4n) is 3.61. The molecule has 3 aromatic rings. The normalized spacial score (nSPS) is 13.9. The van der Waals surface area contributed by atoms with E-state index in [2.05, 4.69) is 14.7 Å². The van der Waals surface area contributed by atoms with Crippen molar-refractivity contribution in [1.82, 2.24) is 14.5 Å². The molecule has 10 heteroatoms. The van der Waals surface area contributed by atoms with E-state index in [1.54, 1.807) is 31.0 Å². The number of anilines is 3. The molecule has 2 N–H and O–H groups in total. The first-order chi connectivity index (χ1) is 14.7. The van der Waals surface area contributed by atoms with Crippen LogP contribution in [0, 0.1) is 12.7 Å². The van der Waals surface area contributed by atoms with Crippen molar-refractivity contribution in [3.63, 3.8) is 0 Å². The summed E-state index contributed by atoms with van der Waals surface area (Å²) in [6.45, 7) is 3.91. The van der Waals surface area contributed by atoms with Gasteiger partial charge < -0.3 is 9.88 Å². The highest BCUT2D eigenvalue weighted by Gasteiger charge is 2.37.